The first-order valence-electron chi connectivity index (χ1n) is 7.90. The number of para-hydroxylation sites is 1. The molecule has 1 atom stereocenters. The summed E-state index contributed by atoms with van der Waals surface area (Å²) in [4.78, 5) is 4.88. The number of benzene rings is 1. The number of ether oxygens (including phenoxy) is 1. The molecule has 1 fully saturated rings. The highest BCUT2D eigenvalue weighted by atomic mass is 16.5. The summed E-state index contributed by atoms with van der Waals surface area (Å²) in [7, 11) is 0. The number of hydrogen-bond donors (Lipinski definition) is 1. The van der Waals surface area contributed by atoms with Crippen molar-refractivity contribution in [3.63, 3.8) is 0 Å². The largest absolute Gasteiger partial charge is 0.493 e. The van der Waals surface area contributed by atoms with Gasteiger partial charge in [0.25, 0.3) is 0 Å². The molecule has 116 valence electrons. The average molecular weight is 290 g/mol. The first-order chi connectivity index (χ1) is 10.0. The Morgan fingerprint density at radius 1 is 1.14 bits per heavy atom. The molecule has 2 aliphatic rings. The second-order valence-electron chi connectivity index (χ2n) is 6.93. The summed E-state index contributed by atoms with van der Waals surface area (Å²) in [6.45, 7) is 10.6. The van der Waals surface area contributed by atoms with Gasteiger partial charge >= 0.3 is 0 Å². The van der Waals surface area contributed by atoms with Gasteiger partial charge in [0.05, 0.1) is 12.2 Å². The van der Waals surface area contributed by atoms with Crippen LogP contribution < -0.4 is 4.74 Å². The second kappa shape index (κ2) is 5.95. The van der Waals surface area contributed by atoms with Gasteiger partial charge in [-0.15, -0.1) is 0 Å². The fourth-order valence-corrected chi connectivity index (χ4v) is 3.37. The van der Waals surface area contributed by atoms with Crippen molar-refractivity contribution in [3.05, 3.63) is 29.8 Å². The summed E-state index contributed by atoms with van der Waals surface area (Å²) in [5.74, 6) is 1.56. The summed E-state index contributed by atoms with van der Waals surface area (Å²) in [6.07, 6.45) is 0. The highest BCUT2D eigenvalue weighted by molar-refractivity contribution is 5.39. The van der Waals surface area contributed by atoms with Crippen LogP contribution in [-0.2, 0) is 0 Å². The smallest absolute Gasteiger partial charge is 0.122 e. The van der Waals surface area contributed by atoms with E-state index in [1.165, 1.54) is 5.56 Å². The lowest BCUT2D eigenvalue weighted by Gasteiger charge is -2.38. The second-order valence-corrected chi connectivity index (χ2v) is 6.93. The van der Waals surface area contributed by atoms with Crippen LogP contribution >= 0.6 is 0 Å². The molecule has 2 aliphatic heterocycles. The van der Waals surface area contributed by atoms with Gasteiger partial charge in [-0.25, -0.2) is 0 Å². The molecule has 1 unspecified atom stereocenters. The van der Waals surface area contributed by atoms with Gasteiger partial charge in [-0.05, 0) is 19.9 Å². The van der Waals surface area contributed by atoms with Crippen LogP contribution in [0.3, 0.4) is 0 Å². The summed E-state index contributed by atoms with van der Waals surface area (Å²) in [5, 5.41) is 9.90. The van der Waals surface area contributed by atoms with Crippen molar-refractivity contribution < 1.29 is 9.84 Å². The van der Waals surface area contributed by atoms with Crippen molar-refractivity contribution >= 4 is 0 Å². The van der Waals surface area contributed by atoms with Gasteiger partial charge in [-0.3, -0.25) is 4.90 Å². The van der Waals surface area contributed by atoms with Gasteiger partial charge in [0.1, 0.15) is 5.75 Å². The molecule has 21 heavy (non-hydrogen) atoms. The first-order valence-corrected chi connectivity index (χ1v) is 7.90. The van der Waals surface area contributed by atoms with Gasteiger partial charge in [0, 0.05) is 50.7 Å². The first kappa shape index (κ1) is 14.8. The van der Waals surface area contributed by atoms with Gasteiger partial charge in [0.2, 0.25) is 0 Å². The van der Waals surface area contributed by atoms with Crippen LogP contribution in [0, 0.1) is 0 Å². The molecule has 0 spiro atoms. The molecule has 1 aromatic rings. The highest BCUT2D eigenvalue weighted by Crippen LogP contribution is 2.34. The topological polar surface area (TPSA) is 35.9 Å². The normalized spacial score (nSPS) is 23.9. The van der Waals surface area contributed by atoms with E-state index in [1.54, 1.807) is 0 Å². The number of β-amino-alcohol motifs (C(OH)–C–C–N with tert-alkyl or cyclic N) is 1. The predicted octanol–water partition coefficient (Wildman–Crippen LogP) is 1.55. The molecular weight excluding hydrogens is 264 g/mol. The average Bonchev–Trinajstić information content (AvgIpc) is 2.83. The maximum absolute atomic E-state index is 9.90. The minimum absolute atomic E-state index is 0.502. The van der Waals surface area contributed by atoms with Gasteiger partial charge in [-0.1, -0.05) is 18.2 Å². The Labute approximate surface area is 127 Å². The van der Waals surface area contributed by atoms with E-state index in [-0.39, 0.29) is 0 Å². The van der Waals surface area contributed by atoms with Gasteiger partial charge in [0.15, 0.2) is 0 Å². The van der Waals surface area contributed by atoms with Crippen LogP contribution in [0.5, 0.6) is 5.75 Å². The van der Waals surface area contributed by atoms with Crippen LogP contribution in [0.25, 0.3) is 0 Å². The molecule has 0 radical (unpaired) electrons. The maximum Gasteiger partial charge on any atom is 0.122 e. The summed E-state index contributed by atoms with van der Waals surface area (Å²) in [6, 6.07) is 8.40. The molecule has 2 heterocycles. The fourth-order valence-electron chi connectivity index (χ4n) is 3.37. The van der Waals surface area contributed by atoms with E-state index in [2.05, 4.69) is 28.0 Å². The molecule has 0 saturated carbocycles. The van der Waals surface area contributed by atoms with Crippen molar-refractivity contribution in [1.82, 2.24) is 9.80 Å². The zero-order chi connectivity index (χ0) is 14.9. The fraction of sp³-hybridized carbons (Fsp3) is 0.647. The van der Waals surface area contributed by atoms with Crippen LogP contribution in [0.1, 0.15) is 25.3 Å². The van der Waals surface area contributed by atoms with Crippen LogP contribution in [0.4, 0.5) is 0 Å². The van der Waals surface area contributed by atoms with Crippen LogP contribution in [-0.4, -0.2) is 66.4 Å². The molecular formula is C17H26N2O2. The molecule has 4 heteroatoms. The lowest BCUT2D eigenvalue weighted by atomic mass is 10.0. The molecule has 3 rings (SSSR count). The monoisotopic (exact) mass is 290 g/mol. The Morgan fingerprint density at radius 3 is 2.52 bits per heavy atom. The van der Waals surface area contributed by atoms with Crippen molar-refractivity contribution in [3.8, 4) is 5.75 Å². The molecule has 0 aromatic heterocycles. The van der Waals surface area contributed by atoms with Crippen molar-refractivity contribution in [2.75, 3.05) is 45.9 Å². The number of nitrogens with zero attached hydrogens (tertiary/aromatic N) is 2. The maximum atomic E-state index is 9.90. The molecule has 4 nitrogen and oxygen atoms in total. The number of piperazine rings is 1. The Kier molecular flexibility index (Phi) is 4.20. The number of aliphatic hydroxyl groups is 1. The third kappa shape index (κ3) is 3.76. The quantitative estimate of drug-likeness (QED) is 0.913. The molecule has 0 aliphatic carbocycles. The SMILES string of the molecule is CC(C)(O)CN1CCN(CC2COc3ccccc32)CC1. The van der Waals surface area contributed by atoms with E-state index >= 15 is 0 Å². The van der Waals surface area contributed by atoms with Crippen LogP contribution in [0.2, 0.25) is 0 Å². The zero-order valence-corrected chi connectivity index (χ0v) is 13.1. The standard InChI is InChI=1S/C17H26N2O2/c1-17(2,20)13-19-9-7-18(8-10-19)11-14-12-21-16-6-4-3-5-15(14)16/h3-6,14,20H,7-13H2,1-2H3. The van der Waals surface area contributed by atoms with Gasteiger partial charge in [-0.2, -0.15) is 0 Å². The molecule has 0 bridgehead atoms. The van der Waals surface area contributed by atoms with Crippen molar-refractivity contribution in [1.29, 1.82) is 0 Å². The Bertz CT molecular complexity index is 476. The minimum atomic E-state index is -0.597. The van der Waals surface area contributed by atoms with E-state index < -0.39 is 5.60 Å². The molecule has 1 saturated heterocycles. The van der Waals surface area contributed by atoms with E-state index in [9.17, 15) is 5.11 Å². The van der Waals surface area contributed by atoms with Crippen molar-refractivity contribution in [2.45, 2.75) is 25.4 Å². The van der Waals surface area contributed by atoms with E-state index in [4.69, 9.17) is 4.74 Å². The van der Waals surface area contributed by atoms with E-state index in [0.717, 1.165) is 51.6 Å². The minimum Gasteiger partial charge on any atom is -0.493 e. The molecule has 1 N–H and O–H groups in total. The summed E-state index contributed by atoms with van der Waals surface area (Å²) < 4.78 is 5.77. The lowest BCUT2D eigenvalue weighted by molar-refractivity contribution is 0.0168. The third-order valence-electron chi connectivity index (χ3n) is 4.35. The third-order valence-corrected chi connectivity index (χ3v) is 4.35. The predicted molar refractivity (Wildman–Crippen MR) is 83.9 cm³/mol. The molecule has 0 amide bonds. The Hall–Kier alpha value is -1.10. The highest BCUT2D eigenvalue weighted by Gasteiger charge is 2.28. The van der Waals surface area contributed by atoms with E-state index in [0.29, 0.717) is 5.92 Å². The summed E-state index contributed by atoms with van der Waals surface area (Å²) in [5.41, 5.74) is 0.761. The molecule has 1 aromatic carbocycles. The Balaban J connectivity index is 1.50. The number of rotatable bonds is 4. The van der Waals surface area contributed by atoms with E-state index in [1.807, 2.05) is 19.9 Å². The number of hydrogen-bond acceptors (Lipinski definition) is 4. The zero-order valence-electron chi connectivity index (χ0n) is 13.1. The summed E-state index contributed by atoms with van der Waals surface area (Å²) >= 11 is 0. The number of fused-ring (bicyclic) bond motifs is 1. The van der Waals surface area contributed by atoms with Crippen molar-refractivity contribution in [2.24, 2.45) is 0 Å². The van der Waals surface area contributed by atoms with Gasteiger partial charge < -0.3 is 14.7 Å². The van der Waals surface area contributed by atoms with Crippen LogP contribution in [0.15, 0.2) is 24.3 Å². The lowest BCUT2D eigenvalue weighted by Crippen LogP contribution is -2.51. The Morgan fingerprint density at radius 2 is 1.81 bits per heavy atom.